The summed E-state index contributed by atoms with van der Waals surface area (Å²) in [5, 5.41) is 2.59. The summed E-state index contributed by atoms with van der Waals surface area (Å²) in [4.78, 5) is 27.9. The Labute approximate surface area is 211 Å². The molecule has 4 rings (SSSR count). The minimum Gasteiger partial charge on any atom is -0.493 e. The number of anilines is 1. The predicted octanol–water partition coefficient (Wildman–Crippen LogP) is 3.45. The number of urea groups is 1. The van der Waals surface area contributed by atoms with E-state index in [1.165, 1.54) is 11.0 Å². The van der Waals surface area contributed by atoms with Crippen LogP contribution in [0.3, 0.4) is 0 Å². The van der Waals surface area contributed by atoms with Gasteiger partial charge in [0.25, 0.3) is 10.0 Å². The Bertz CT molecular complexity index is 1360. The summed E-state index contributed by atoms with van der Waals surface area (Å²) >= 11 is 0. The van der Waals surface area contributed by atoms with Crippen LogP contribution in [-0.2, 0) is 34.1 Å². The molecule has 0 unspecified atom stereocenters. The van der Waals surface area contributed by atoms with E-state index in [4.69, 9.17) is 4.74 Å². The fourth-order valence-corrected chi connectivity index (χ4v) is 5.44. The van der Waals surface area contributed by atoms with E-state index in [-0.39, 0.29) is 17.2 Å². The molecule has 1 heterocycles. The van der Waals surface area contributed by atoms with Crippen LogP contribution < -0.4 is 19.7 Å². The van der Waals surface area contributed by atoms with Gasteiger partial charge in [0.05, 0.1) is 11.5 Å². The Kier molecular flexibility index (Phi) is 7.59. The highest BCUT2D eigenvalue weighted by Gasteiger charge is 2.28. The molecule has 3 aromatic carbocycles. The van der Waals surface area contributed by atoms with Crippen molar-refractivity contribution in [3.05, 3.63) is 89.5 Å². The van der Waals surface area contributed by atoms with Crippen LogP contribution in [0.15, 0.2) is 77.7 Å². The van der Waals surface area contributed by atoms with Crippen molar-refractivity contribution in [3.8, 4) is 5.75 Å². The molecule has 0 aromatic heterocycles. The lowest BCUT2D eigenvalue weighted by molar-refractivity contribution is -0.120. The molecule has 0 saturated carbocycles. The molecule has 2 N–H and O–H groups in total. The van der Waals surface area contributed by atoms with Crippen LogP contribution in [-0.4, -0.2) is 40.1 Å². The van der Waals surface area contributed by atoms with Crippen molar-refractivity contribution in [1.29, 1.82) is 0 Å². The average molecular weight is 508 g/mol. The number of fused-ring (bicyclic) bond motifs is 1. The monoisotopic (exact) mass is 507 g/mol. The lowest BCUT2D eigenvalue weighted by Crippen LogP contribution is -2.52. The van der Waals surface area contributed by atoms with Crippen molar-refractivity contribution in [1.82, 2.24) is 10.0 Å². The normalized spacial score (nSPS) is 13.3. The Balaban J connectivity index is 1.55. The summed E-state index contributed by atoms with van der Waals surface area (Å²) in [7, 11) is -2.50. The van der Waals surface area contributed by atoms with Crippen LogP contribution in [0.5, 0.6) is 5.75 Å². The summed E-state index contributed by atoms with van der Waals surface area (Å²) in [6, 6.07) is 19.3. The summed E-state index contributed by atoms with van der Waals surface area (Å²) < 4.78 is 33.4. The van der Waals surface area contributed by atoms with Crippen molar-refractivity contribution in [3.63, 3.8) is 0 Å². The predicted molar refractivity (Wildman–Crippen MR) is 138 cm³/mol. The number of nitrogens with one attached hydrogen (secondary N) is 2. The van der Waals surface area contributed by atoms with Gasteiger partial charge in [0.2, 0.25) is 5.91 Å². The molecule has 9 heteroatoms. The largest absolute Gasteiger partial charge is 0.493 e. The molecular weight excluding hydrogens is 478 g/mol. The third-order valence-corrected chi connectivity index (χ3v) is 7.58. The third kappa shape index (κ3) is 5.68. The topological polar surface area (TPSA) is 105 Å². The maximum atomic E-state index is 13.5. The Morgan fingerprint density at radius 2 is 1.75 bits per heavy atom. The second-order valence-electron chi connectivity index (χ2n) is 8.57. The number of nitrogens with zero attached hydrogens (tertiary/aromatic N) is 1. The lowest BCUT2D eigenvalue weighted by Gasteiger charge is -2.25. The quantitative estimate of drug-likeness (QED) is 0.486. The van der Waals surface area contributed by atoms with Crippen LogP contribution >= 0.6 is 0 Å². The number of rotatable bonds is 8. The van der Waals surface area contributed by atoms with Gasteiger partial charge in [0.15, 0.2) is 0 Å². The molecular formula is C27H29N3O5S. The fourth-order valence-electron chi connectivity index (χ4n) is 4.22. The van der Waals surface area contributed by atoms with Crippen molar-refractivity contribution >= 4 is 27.6 Å². The van der Waals surface area contributed by atoms with Gasteiger partial charge in [-0.3, -0.25) is 4.79 Å². The maximum Gasteiger partial charge on any atom is 0.329 e. The minimum atomic E-state index is -4.13. The summed E-state index contributed by atoms with van der Waals surface area (Å²) in [6.45, 7) is 2.44. The van der Waals surface area contributed by atoms with Gasteiger partial charge in [0.1, 0.15) is 11.8 Å². The molecule has 0 saturated heterocycles. The number of likely N-dealkylation sites (N-methyl/N-ethyl adjacent to an activating group) is 1. The van der Waals surface area contributed by atoms with Gasteiger partial charge in [-0.15, -0.1) is 0 Å². The van der Waals surface area contributed by atoms with Gasteiger partial charge in [-0.1, -0.05) is 55.5 Å². The number of hydrogen-bond acceptors (Lipinski definition) is 5. The first-order chi connectivity index (χ1) is 17.3. The van der Waals surface area contributed by atoms with Crippen LogP contribution in [0.2, 0.25) is 0 Å². The molecule has 0 bridgehead atoms. The highest BCUT2D eigenvalue weighted by Crippen LogP contribution is 2.29. The second kappa shape index (κ2) is 10.8. The van der Waals surface area contributed by atoms with Crippen molar-refractivity contribution in [2.45, 2.75) is 37.1 Å². The zero-order valence-corrected chi connectivity index (χ0v) is 21.0. The number of sulfonamides is 1. The van der Waals surface area contributed by atoms with E-state index in [1.54, 1.807) is 31.3 Å². The lowest BCUT2D eigenvalue weighted by atomic mass is 10.0. The Morgan fingerprint density at radius 3 is 2.50 bits per heavy atom. The van der Waals surface area contributed by atoms with Gasteiger partial charge < -0.3 is 15.0 Å². The van der Waals surface area contributed by atoms with E-state index in [1.807, 2.05) is 49.4 Å². The van der Waals surface area contributed by atoms with E-state index < -0.39 is 22.1 Å². The number of carbonyl (C=O) groups is 2. The standard InChI is InChI=1S/C27H29N3O5S/c1-3-20-11-7-8-12-25(20)36(33,34)29-27(32)28-23(17-19-9-5-4-6-10-19)26(31)30(2)22-13-14-24-21(18-22)15-16-35-24/h4-14,18,23H,3,15-17H2,1-2H3,(H2,28,29,32)/t23-/m0/s1. The number of benzene rings is 3. The number of amides is 3. The maximum absolute atomic E-state index is 13.5. The van der Waals surface area contributed by atoms with Gasteiger partial charge >= 0.3 is 6.03 Å². The zero-order valence-electron chi connectivity index (χ0n) is 20.2. The third-order valence-electron chi connectivity index (χ3n) is 6.15. The number of aryl methyl sites for hydroxylation is 1. The van der Waals surface area contributed by atoms with Gasteiger partial charge in [-0.25, -0.2) is 17.9 Å². The van der Waals surface area contributed by atoms with Crippen LogP contribution in [0.1, 0.15) is 23.6 Å². The first kappa shape index (κ1) is 25.2. The van der Waals surface area contributed by atoms with Gasteiger partial charge in [0, 0.05) is 25.6 Å². The average Bonchev–Trinajstić information content (AvgIpc) is 3.35. The van der Waals surface area contributed by atoms with E-state index in [0.29, 0.717) is 24.3 Å². The highest BCUT2D eigenvalue weighted by molar-refractivity contribution is 7.90. The Morgan fingerprint density at radius 1 is 1.03 bits per heavy atom. The molecule has 3 amide bonds. The SMILES string of the molecule is CCc1ccccc1S(=O)(=O)NC(=O)N[C@@H](Cc1ccccc1)C(=O)N(C)c1ccc2c(c1)CCO2. The highest BCUT2D eigenvalue weighted by atomic mass is 32.2. The summed E-state index contributed by atoms with van der Waals surface area (Å²) in [5.74, 6) is 0.426. The Hall–Kier alpha value is -3.85. The minimum absolute atomic E-state index is 0.0334. The zero-order chi connectivity index (χ0) is 25.7. The van der Waals surface area contributed by atoms with E-state index in [0.717, 1.165) is 23.3 Å². The summed E-state index contributed by atoms with van der Waals surface area (Å²) in [6.07, 6.45) is 1.44. The molecule has 188 valence electrons. The smallest absolute Gasteiger partial charge is 0.329 e. The molecule has 0 radical (unpaired) electrons. The first-order valence-electron chi connectivity index (χ1n) is 11.8. The molecule has 1 atom stereocenters. The van der Waals surface area contributed by atoms with Crippen LogP contribution in [0, 0.1) is 0 Å². The molecule has 0 fully saturated rings. The molecule has 0 aliphatic carbocycles. The molecule has 3 aromatic rings. The van der Waals surface area contributed by atoms with Crippen LogP contribution in [0.25, 0.3) is 0 Å². The fraction of sp³-hybridized carbons (Fsp3) is 0.259. The van der Waals surface area contributed by atoms with Gasteiger partial charge in [-0.2, -0.15) is 0 Å². The van der Waals surface area contributed by atoms with Crippen molar-refractivity contribution in [2.24, 2.45) is 0 Å². The van der Waals surface area contributed by atoms with Crippen molar-refractivity contribution < 1.29 is 22.7 Å². The van der Waals surface area contributed by atoms with Gasteiger partial charge in [-0.05, 0) is 47.4 Å². The molecule has 1 aliphatic rings. The molecule has 1 aliphatic heterocycles. The summed E-state index contributed by atoms with van der Waals surface area (Å²) in [5.41, 5.74) is 3.09. The number of hydrogen-bond donors (Lipinski definition) is 2. The van der Waals surface area contributed by atoms with E-state index >= 15 is 0 Å². The number of carbonyl (C=O) groups excluding carboxylic acids is 2. The van der Waals surface area contributed by atoms with Crippen molar-refractivity contribution in [2.75, 3.05) is 18.6 Å². The molecule has 8 nitrogen and oxygen atoms in total. The van der Waals surface area contributed by atoms with E-state index in [2.05, 4.69) is 10.0 Å². The van der Waals surface area contributed by atoms with E-state index in [9.17, 15) is 18.0 Å². The first-order valence-corrected chi connectivity index (χ1v) is 13.2. The van der Waals surface area contributed by atoms with Crippen LogP contribution in [0.4, 0.5) is 10.5 Å². The second-order valence-corrected chi connectivity index (χ2v) is 10.2. The molecule has 0 spiro atoms. The number of ether oxygens (including phenoxy) is 1. The molecule has 36 heavy (non-hydrogen) atoms.